The summed E-state index contributed by atoms with van der Waals surface area (Å²) in [6, 6.07) is 0. The van der Waals surface area contributed by atoms with E-state index in [2.05, 4.69) is 20.8 Å². The number of thiocarbonyl (C=S) groups is 1. The lowest BCUT2D eigenvalue weighted by molar-refractivity contribution is -0.337. The quantitative estimate of drug-likeness (QED) is 0.527. The lowest BCUT2D eigenvalue weighted by atomic mass is 9.51. The van der Waals surface area contributed by atoms with Crippen LogP contribution in [0.5, 0.6) is 0 Å². The second-order valence-electron chi connectivity index (χ2n) is 10.7. The zero-order chi connectivity index (χ0) is 20.9. The summed E-state index contributed by atoms with van der Waals surface area (Å²) in [6.07, 6.45) is 7.59. The minimum Gasteiger partial charge on any atom is -0.479 e. The number of ketones is 1. The van der Waals surface area contributed by atoms with E-state index >= 15 is 0 Å². The molecule has 164 valence electrons. The Kier molecular flexibility index (Phi) is 5.89. The molecule has 1 spiro atoms. The van der Waals surface area contributed by atoms with Gasteiger partial charge in [0.2, 0.25) is 4.38 Å². The van der Waals surface area contributed by atoms with Crippen LogP contribution < -0.4 is 0 Å². The number of carbonyl (C=O) groups excluding carboxylic acids is 1. The summed E-state index contributed by atoms with van der Waals surface area (Å²) in [5.41, 5.74) is -0.207. The largest absolute Gasteiger partial charge is 0.479 e. The van der Waals surface area contributed by atoms with Gasteiger partial charge < -0.3 is 14.2 Å². The molecular formula is C23H36O4S2. The Balaban J connectivity index is 1.67. The van der Waals surface area contributed by atoms with Gasteiger partial charge >= 0.3 is 0 Å². The van der Waals surface area contributed by atoms with Crippen LogP contribution in [-0.4, -0.2) is 41.0 Å². The molecule has 0 aromatic carbocycles. The molecule has 0 aromatic heterocycles. The highest BCUT2D eigenvalue weighted by molar-refractivity contribution is 8.23. The predicted octanol–water partition coefficient (Wildman–Crippen LogP) is 5.52. The van der Waals surface area contributed by atoms with E-state index in [4.69, 9.17) is 26.4 Å². The van der Waals surface area contributed by atoms with E-state index in [0.717, 1.165) is 44.9 Å². The summed E-state index contributed by atoms with van der Waals surface area (Å²) in [4.78, 5) is 13.6. The fraction of sp³-hybridized carbons (Fsp3) is 0.913. The summed E-state index contributed by atoms with van der Waals surface area (Å²) in [5.74, 6) is -0.00765. The number of hydrogen-bond donors (Lipinski definition) is 0. The summed E-state index contributed by atoms with van der Waals surface area (Å²) < 4.78 is 19.3. The highest BCUT2D eigenvalue weighted by Crippen LogP contribution is 2.68. The van der Waals surface area contributed by atoms with Crippen molar-refractivity contribution < 1.29 is 19.0 Å². The Bertz CT molecular complexity index is 668. The minimum atomic E-state index is -0.590. The van der Waals surface area contributed by atoms with E-state index in [0.29, 0.717) is 41.7 Å². The predicted molar refractivity (Wildman–Crippen MR) is 120 cm³/mol. The van der Waals surface area contributed by atoms with Gasteiger partial charge in [-0.1, -0.05) is 39.0 Å². The number of carbonyl (C=O) groups is 1. The molecule has 0 N–H and O–H groups in total. The van der Waals surface area contributed by atoms with Crippen molar-refractivity contribution in [2.75, 3.05) is 19.8 Å². The number of Topliss-reactive ketones (excluding diaryl/α,β-unsaturated/α-hetero) is 1. The monoisotopic (exact) mass is 440 g/mol. The number of thioether (sulfide) groups is 1. The number of rotatable bonds is 2. The Hall–Kier alpha value is -0.170. The van der Waals surface area contributed by atoms with Gasteiger partial charge in [0.15, 0.2) is 5.79 Å². The molecule has 0 amide bonds. The molecule has 1 aliphatic heterocycles. The first-order chi connectivity index (χ1) is 13.6. The zero-order valence-electron chi connectivity index (χ0n) is 18.4. The number of hydrogen-bond acceptors (Lipinski definition) is 6. The molecule has 3 aliphatic carbocycles. The van der Waals surface area contributed by atoms with Crippen molar-refractivity contribution in [3.8, 4) is 0 Å². The molecule has 2 bridgehead atoms. The maximum Gasteiger partial charge on any atom is 0.220 e. The molecule has 1 unspecified atom stereocenters. The van der Waals surface area contributed by atoms with Gasteiger partial charge in [0, 0.05) is 34.8 Å². The molecule has 0 aromatic rings. The second kappa shape index (κ2) is 7.75. The Morgan fingerprint density at radius 1 is 1.17 bits per heavy atom. The van der Waals surface area contributed by atoms with E-state index in [9.17, 15) is 4.79 Å². The van der Waals surface area contributed by atoms with Crippen molar-refractivity contribution in [1.29, 1.82) is 0 Å². The van der Waals surface area contributed by atoms with Crippen LogP contribution in [0.2, 0.25) is 0 Å². The second-order valence-corrected chi connectivity index (χ2v) is 12.6. The Morgan fingerprint density at radius 2 is 1.90 bits per heavy atom. The molecule has 29 heavy (non-hydrogen) atoms. The summed E-state index contributed by atoms with van der Waals surface area (Å²) in [5, 5.41) is 0.316. The van der Waals surface area contributed by atoms with Crippen LogP contribution in [-0.2, 0) is 19.0 Å². The van der Waals surface area contributed by atoms with Crippen molar-refractivity contribution in [2.45, 2.75) is 90.1 Å². The third kappa shape index (κ3) is 3.81. The third-order valence-corrected chi connectivity index (χ3v) is 9.31. The SMILES string of the molecule is CCOC(=S)SC1CCC(=O)[C@@]23CCC[C@@](C)(C1)[C@H]2C1(CC3)OCC(C)(C)CO1. The fourth-order valence-electron chi connectivity index (χ4n) is 6.77. The van der Waals surface area contributed by atoms with Gasteiger partial charge in [-0.05, 0) is 56.7 Å². The maximum atomic E-state index is 13.6. The first-order valence-corrected chi connectivity index (χ1v) is 12.6. The molecule has 6 heteroatoms. The summed E-state index contributed by atoms with van der Waals surface area (Å²) in [6.45, 7) is 10.7. The highest BCUT2D eigenvalue weighted by Gasteiger charge is 2.69. The lowest BCUT2D eigenvalue weighted by Crippen LogP contribution is -2.60. The van der Waals surface area contributed by atoms with E-state index in [1.807, 2.05) is 6.92 Å². The molecular weight excluding hydrogens is 404 g/mol. The standard InChI is InChI=1S/C23H36O4S2/c1-5-25-19(28)29-16-7-8-17(24)22-10-6-9-21(4,13-16)18(22)23(12-11-22)26-14-20(2,3)15-27-23/h16,18H,5-15H2,1-4H3/t16?,18-,21+,22+/m1/s1. The van der Waals surface area contributed by atoms with Gasteiger partial charge in [-0.25, -0.2) is 0 Å². The molecule has 3 saturated carbocycles. The van der Waals surface area contributed by atoms with Gasteiger partial charge in [-0.3, -0.25) is 4.79 Å². The zero-order valence-corrected chi connectivity index (χ0v) is 20.0. The van der Waals surface area contributed by atoms with E-state index < -0.39 is 5.79 Å². The molecule has 1 heterocycles. The number of ether oxygens (including phenoxy) is 3. The third-order valence-electron chi connectivity index (χ3n) is 7.86. The first-order valence-electron chi connectivity index (χ1n) is 11.3. The highest BCUT2D eigenvalue weighted by atomic mass is 32.2. The topological polar surface area (TPSA) is 44.8 Å². The van der Waals surface area contributed by atoms with Crippen molar-refractivity contribution in [3.63, 3.8) is 0 Å². The van der Waals surface area contributed by atoms with Crippen molar-refractivity contribution >= 4 is 34.1 Å². The van der Waals surface area contributed by atoms with Crippen LogP contribution in [0.4, 0.5) is 0 Å². The van der Waals surface area contributed by atoms with E-state index in [-0.39, 0.29) is 22.2 Å². The molecule has 4 nitrogen and oxygen atoms in total. The average Bonchev–Trinajstić information content (AvgIpc) is 2.99. The van der Waals surface area contributed by atoms with Crippen molar-refractivity contribution in [2.24, 2.45) is 22.2 Å². The van der Waals surface area contributed by atoms with Crippen LogP contribution >= 0.6 is 24.0 Å². The summed E-state index contributed by atoms with van der Waals surface area (Å²) >= 11 is 7.09. The molecule has 1 saturated heterocycles. The fourth-order valence-corrected chi connectivity index (χ4v) is 8.45. The lowest BCUT2D eigenvalue weighted by Gasteiger charge is -2.58. The molecule has 4 atom stereocenters. The molecule has 4 rings (SSSR count). The van der Waals surface area contributed by atoms with Crippen molar-refractivity contribution in [1.82, 2.24) is 0 Å². The molecule has 4 aliphatic rings. The first kappa shape index (κ1) is 22.0. The summed E-state index contributed by atoms with van der Waals surface area (Å²) in [7, 11) is 0. The smallest absolute Gasteiger partial charge is 0.220 e. The Labute approximate surface area is 185 Å². The van der Waals surface area contributed by atoms with Gasteiger partial charge in [0.25, 0.3) is 0 Å². The van der Waals surface area contributed by atoms with Crippen LogP contribution in [0.15, 0.2) is 0 Å². The van der Waals surface area contributed by atoms with Gasteiger partial charge in [0.05, 0.1) is 19.8 Å². The van der Waals surface area contributed by atoms with Gasteiger partial charge in [-0.2, -0.15) is 0 Å². The van der Waals surface area contributed by atoms with Crippen LogP contribution in [0.1, 0.15) is 79.1 Å². The normalized spacial score (nSPS) is 40.8. The van der Waals surface area contributed by atoms with Crippen LogP contribution in [0.25, 0.3) is 0 Å². The van der Waals surface area contributed by atoms with E-state index in [1.54, 1.807) is 11.8 Å². The molecule has 0 radical (unpaired) electrons. The van der Waals surface area contributed by atoms with Crippen LogP contribution in [0.3, 0.4) is 0 Å². The minimum absolute atomic E-state index is 0.0197. The maximum absolute atomic E-state index is 13.6. The van der Waals surface area contributed by atoms with E-state index in [1.165, 1.54) is 0 Å². The van der Waals surface area contributed by atoms with Gasteiger partial charge in [-0.15, -0.1) is 0 Å². The molecule has 4 fully saturated rings. The average molecular weight is 441 g/mol. The Morgan fingerprint density at radius 3 is 2.59 bits per heavy atom. The van der Waals surface area contributed by atoms with Gasteiger partial charge in [0.1, 0.15) is 5.78 Å². The van der Waals surface area contributed by atoms with Crippen molar-refractivity contribution in [3.05, 3.63) is 0 Å². The van der Waals surface area contributed by atoms with Crippen LogP contribution in [0, 0.1) is 22.2 Å².